The minimum absolute atomic E-state index is 0.196. The fraction of sp³-hybridized carbons (Fsp3) is 0.333. The number of hydrogen-bond donors (Lipinski definition) is 3. The maximum Gasteiger partial charge on any atom is 0.329 e. The molecular weight excluding hydrogens is 424 g/mol. The molecule has 2 aromatic carbocycles. The monoisotopic (exact) mass is 454 g/mol. The zero-order valence-electron chi connectivity index (χ0n) is 19.5. The topological polar surface area (TPSA) is 118 Å². The van der Waals surface area contributed by atoms with Crippen LogP contribution >= 0.6 is 0 Å². The van der Waals surface area contributed by atoms with Crippen LogP contribution < -0.4 is 25.5 Å². The van der Waals surface area contributed by atoms with Gasteiger partial charge in [0.05, 0.1) is 13.3 Å². The summed E-state index contributed by atoms with van der Waals surface area (Å²) >= 11 is 0. The van der Waals surface area contributed by atoms with Crippen molar-refractivity contribution in [3.05, 3.63) is 53.1 Å². The molecule has 0 aliphatic rings. The van der Waals surface area contributed by atoms with Crippen molar-refractivity contribution < 1.29 is 23.9 Å². The van der Waals surface area contributed by atoms with Gasteiger partial charge in [0.2, 0.25) is 0 Å². The number of anilines is 1. The van der Waals surface area contributed by atoms with Crippen LogP contribution in [0.5, 0.6) is 11.5 Å². The fourth-order valence-corrected chi connectivity index (χ4v) is 2.68. The SMILES string of the molecule is COc1cc(/C=N\NC(=O)C(=O)NCC(C)C)ccc1OCC(=O)Nc1cc(C)ccc1C. The van der Waals surface area contributed by atoms with Crippen molar-refractivity contribution in [2.75, 3.05) is 25.6 Å². The van der Waals surface area contributed by atoms with Crippen molar-refractivity contribution in [3.63, 3.8) is 0 Å². The molecule has 0 saturated heterocycles. The summed E-state index contributed by atoms with van der Waals surface area (Å²) in [6, 6.07) is 10.7. The lowest BCUT2D eigenvalue weighted by atomic mass is 10.1. The second-order valence-electron chi connectivity index (χ2n) is 7.87. The molecule has 3 amide bonds. The number of methoxy groups -OCH3 is 1. The maximum atomic E-state index is 12.3. The van der Waals surface area contributed by atoms with Crippen LogP contribution in [-0.2, 0) is 14.4 Å². The molecule has 33 heavy (non-hydrogen) atoms. The summed E-state index contributed by atoms with van der Waals surface area (Å²) in [5.74, 6) is -0.900. The summed E-state index contributed by atoms with van der Waals surface area (Å²) in [6.45, 7) is 7.92. The molecule has 176 valence electrons. The second kappa shape index (κ2) is 12.2. The first-order valence-corrected chi connectivity index (χ1v) is 10.5. The van der Waals surface area contributed by atoms with Gasteiger partial charge in [-0.1, -0.05) is 26.0 Å². The zero-order chi connectivity index (χ0) is 24.4. The van der Waals surface area contributed by atoms with E-state index in [0.29, 0.717) is 23.6 Å². The smallest absolute Gasteiger partial charge is 0.329 e. The standard InChI is InChI=1S/C24H30N4O5/c1-15(2)12-25-23(30)24(31)28-26-13-18-8-9-20(21(11-18)32-5)33-14-22(29)27-19-10-16(3)6-7-17(19)4/h6-11,13,15H,12,14H2,1-5H3,(H,25,30)(H,27,29)(H,28,31)/b26-13-. The van der Waals surface area contributed by atoms with E-state index in [-0.39, 0.29) is 18.4 Å². The second-order valence-corrected chi connectivity index (χ2v) is 7.87. The predicted octanol–water partition coefficient (Wildman–Crippen LogP) is 2.55. The first kappa shape index (κ1) is 25.4. The number of aryl methyl sites for hydroxylation is 2. The Morgan fingerprint density at radius 3 is 2.48 bits per heavy atom. The Hall–Kier alpha value is -3.88. The fourth-order valence-electron chi connectivity index (χ4n) is 2.68. The van der Waals surface area contributed by atoms with E-state index in [1.54, 1.807) is 18.2 Å². The molecule has 9 heteroatoms. The van der Waals surface area contributed by atoms with Crippen LogP contribution in [0, 0.1) is 19.8 Å². The number of rotatable bonds is 9. The molecule has 0 bridgehead atoms. The first-order valence-electron chi connectivity index (χ1n) is 10.5. The molecule has 0 fully saturated rings. The Labute approximate surface area is 193 Å². The van der Waals surface area contributed by atoms with E-state index >= 15 is 0 Å². The van der Waals surface area contributed by atoms with Crippen LogP contribution in [0.25, 0.3) is 0 Å². The van der Waals surface area contributed by atoms with Crippen molar-refractivity contribution in [1.29, 1.82) is 0 Å². The molecule has 0 saturated carbocycles. The van der Waals surface area contributed by atoms with Crippen molar-refractivity contribution in [1.82, 2.24) is 10.7 Å². The first-order chi connectivity index (χ1) is 15.7. The van der Waals surface area contributed by atoms with Gasteiger partial charge in [-0.2, -0.15) is 5.10 Å². The highest BCUT2D eigenvalue weighted by Crippen LogP contribution is 2.27. The lowest BCUT2D eigenvalue weighted by molar-refractivity contribution is -0.139. The van der Waals surface area contributed by atoms with Gasteiger partial charge in [0, 0.05) is 12.2 Å². The Kier molecular flexibility index (Phi) is 9.41. The van der Waals surface area contributed by atoms with Gasteiger partial charge < -0.3 is 20.1 Å². The van der Waals surface area contributed by atoms with Gasteiger partial charge in [-0.05, 0) is 60.7 Å². The van der Waals surface area contributed by atoms with Crippen LogP contribution in [0.15, 0.2) is 41.5 Å². The highest BCUT2D eigenvalue weighted by Gasteiger charge is 2.13. The third kappa shape index (κ3) is 8.29. The number of nitrogens with one attached hydrogen (secondary N) is 3. The average molecular weight is 455 g/mol. The van der Waals surface area contributed by atoms with Crippen molar-refractivity contribution in [2.24, 2.45) is 11.0 Å². The quantitative estimate of drug-likeness (QED) is 0.306. The Balaban J connectivity index is 1.92. The van der Waals surface area contributed by atoms with E-state index in [0.717, 1.165) is 16.8 Å². The minimum Gasteiger partial charge on any atom is -0.493 e. The lowest BCUT2D eigenvalue weighted by Gasteiger charge is -2.12. The normalized spacial score (nSPS) is 10.7. The molecule has 0 aliphatic carbocycles. The number of benzene rings is 2. The van der Waals surface area contributed by atoms with Crippen LogP contribution in [0.3, 0.4) is 0 Å². The summed E-state index contributed by atoms with van der Waals surface area (Å²) in [7, 11) is 1.47. The number of carbonyl (C=O) groups is 3. The van der Waals surface area contributed by atoms with Gasteiger partial charge >= 0.3 is 11.8 Å². The van der Waals surface area contributed by atoms with Crippen molar-refractivity contribution in [2.45, 2.75) is 27.7 Å². The Morgan fingerprint density at radius 2 is 1.79 bits per heavy atom. The summed E-state index contributed by atoms with van der Waals surface area (Å²) < 4.78 is 10.9. The summed E-state index contributed by atoms with van der Waals surface area (Å²) in [5.41, 5.74) is 5.51. The number of nitrogens with zero attached hydrogens (tertiary/aromatic N) is 1. The summed E-state index contributed by atoms with van der Waals surface area (Å²) in [6.07, 6.45) is 1.37. The van der Waals surface area contributed by atoms with Gasteiger partial charge in [0.25, 0.3) is 5.91 Å². The van der Waals surface area contributed by atoms with Crippen molar-refractivity contribution >= 4 is 29.6 Å². The molecule has 2 aromatic rings. The number of ether oxygens (including phenoxy) is 2. The minimum atomic E-state index is -0.853. The molecule has 0 heterocycles. The van der Waals surface area contributed by atoms with Gasteiger partial charge in [-0.15, -0.1) is 0 Å². The van der Waals surface area contributed by atoms with Crippen molar-refractivity contribution in [3.8, 4) is 11.5 Å². The summed E-state index contributed by atoms with van der Waals surface area (Å²) in [5, 5.41) is 9.13. The third-order valence-corrected chi connectivity index (χ3v) is 4.47. The predicted molar refractivity (Wildman–Crippen MR) is 127 cm³/mol. The summed E-state index contributed by atoms with van der Waals surface area (Å²) in [4.78, 5) is 35.7. The van der Waals surface area contributed by atoms with E-state index in [4.69, 9.17) is 9.47 Å². The Morgan fingerprint density at radius 1 is 1.03 bits per heavy atom. The van der Waals surface area contributed by atoms with E-state index in [2.05, 4.69) is 21.2 Å². The number of amides is 3. The van der Waals surface area contributed by atoms with E-state index in [1.165, 1.54) is 13.3 Å². The Bertz CT molecular complexity index is 1030. The molecule has 0 atom stereocenters. The molecule has 0 spiro atoms. The van der Waals surface area contributed by atoms with Gasteiger partial charge in [0.1, 0.15) is 0 Å². The highest BCUT2D eigenvalue weighted by atomic mass is 16.5. The van der Waals surface area contributed by atoms with Crippen LogP contribution in [-0.4, -0.2) is 44.2 Å². The molecule has 0 unspecified atom stereocenters. The molecule has 3 N–H and O–H groups in total. The van der Waals surface area contributed by atoms with E-state index in [1.807, 2.05) is 45.9 Å². The molecule has 9 nitrogen and oxygen atoms in total. The number of hydrazone groups is 1. The zero-order valence-corrected chi connectivity index (χ0v) is 19.5. The molecule has 2 rings (SSSR count). The lowest BCUT2D eigenvalue weighted by Crippen LogP contribution is -2.39. The maximum absolute atomic E-state index is 12.3. The number of hydrogen-bond acceptors (Lipinski definition) is 6. The highest BCUT2D eigenvalue weighted by molar-refractivity contribution is 6.35. The molecule has 0 aromatic heterocycles. The average Bonchev–Trinajstić information content (AvgIpc) is 2.78. The van der Waals surface area contributed by atoms with E-state index < -0.39 is 11.8 Å². The largest absolute Gasteiger partial charge is 0.493 e. The third-order valence-electron chi connectivity index (χ3n) is 4.47. The molecular formula is C24H30N4O5. The van der Waals surface area contributed by atoms with Gasteiger partial charge in [-0.3, -0.25) is 14.4 Å². The van der Waals surface area contributed by atoms with Crippen LogP contribution in [0.4, 0.5) is 5.69 Å². The number of carbonyl (C=O) groups excluding carboxylic acids is 3. The molecule has 0 radical (unpaired) electrons. The van der Waals surface area contributed by atoms with E-state index in [9.17, 15) is 14.4 Å². The van der Waals surface area contributed by atoms with Crippen LogP contribution in [0.2, 0.25) is 0 Å². The molecule has 0 aliphatic heterocycles. The van der Waals surface area contributed by atoms with Gasteiger partial charge in [-0.25, -0.2) is 5.43 Å². The van der Waals surface area contributed by atoms with Gasteiger partial charge in [0.15, 0.2) is 18.1 Å². The van der Waals surface area contributed by atoms with Crippen LogP contribution in [0.1, 0.15) is 30.5 Å².